The second-order valence-corrected chi connectivity index (χ2v) is 14.7. The Bertz CT molecular complexity index is 1340. The van der Waals surface area contributed by atoms with Gasteiger partial charge < -0.3 is 14.0 Å². The summed E-state index contributed by atoms with van der Waals surface area (Å²) in [6.45, 7) is 0.406. The van der Waals surface area contributed by atoms with Crippen molar-refractivity contribution in [3.05, 3.63) is 120 Å². The van der Waals surface area contributed by atoms with Crippen LogP contribution in [-0.4, -0.2) is 12.2 Å². The first kappa shape index (κ1) is 24.4. The molecule has 4 rings (SSSR count). The van der Waals surface area contributed by atoms with Gasteiger partial charge in [0.1, 0.15) is 25.1 Å². The van der Waals surface area contributed by atoms with Crippen LogP contribution in [0.3, 0.4) is 0 Å². The minimum Gasteiger partial charge on any atom is -0.507 e. The van der Waals surface area contributed by atoms with Crippen LogP contribution in [0, 0.1) is 0 Å². The van der Waals surface area contributed by atoms with Crippen molar-refractivity contribution in [3.8, 4) is 17.2 Å². The lowest BCUT2D eigenvalue weighted by Crippen LogP contribution is -2.10. The van der Waals surface area contributed by atoms with E-state index in [1.165, 1.54) is 11.8 Å². The van der Waals surface area contributed by atoms with Gasteiger partial charge in [-0.1, -0.05) is 60.7 Å². The number of thioether (sulfide) groups is 1. The average Bonchev–Trinajstić information content (AvgIpc) is 2.93. The van der Waals surface area contributed by atoms with E-state index < -0.39 is 12.8 Å². The molecule has 0 bridgehead atoms. The molecule has 4 aromatic rings. The zero-order valence-electron chi connectivity index (χ0n) is 19.4. The van der Waals surface area contributed by atoms with Crippen molar-refractivity contribution < 1.29 is 18.8 Å². The van der Waals surface area contributed by atoms with E-state index in [2.05, 4.69) is 21.2 Å². The van der Waals surface area contributed by atoms with Gasteiger partial charge in [-0.2, -0.15) is 0 Å². The monoisotopic (exact) mass is 634 g/mol. The third-order valence-corrected chi connectivity index (χ3v) is 7.46. The second-order valence-electron chi connectivity index (χ2n) is 7.49. The molecule has 1 N–H and O–H groups in total. The fraction of sp³-hybridized carbons (Fsp3) is 0.0741. The van der Waals surface area contributed by atoms with E-state index in [9.17, 15) is 9.90 Å². The lowest BCUT2D eigenvalue weighted by atomic mass is 10.0. The van der Waals surface area contributed by atoms with Crippen LogP contribution in [0.5, 0.6) is 17.2 Å². The molecule has 35 heavy (non-hydrogen) atoms. The van der Waals surface area contributed by atoms with Gasteiger partial charge in [-0.05, 0) is 61.6 Å². The zero-order valence-corrected chi connectivity index (χ0v) is 23.1. The summed E-state index contributed by atoms with van der Waals surface area (Å²) in [6.07, 6.45) is 0. The maximum atomic E-state index is 13.6. The number of phenols is 1. The topological polar surface area (TPSA) is 55.8 Å². The highest BCUT2D eigenvalue weighted by Gasteiger charge is 2.25. The van der Waals surface area contributed by atoms with Crippen molar-refractivity contribution in [2.45, 2.75) is 16.8 Å². The highest BCUT2D eigenvalue weighted by molar-refractivity contribution is 14.2. The van der Waals surface area contributed by atoms with Crippen LogP contribution in [-0.2, 0) is 14.1 Å². The third kappa shape index (κ3) is 7.34. The van der Waals surface area contributed by atoms with E-state index in [-0.39, 0.29) is 11.5 Å². The Morgan fingerprint density at radius 2 is 1.63 bits per heavy atom. The summed E-state index contributed by atoms with van der Waals surface area (Å²) in [7, 11) is -0.142. The van der Waals surface area contributed by atoms with Crippen molar-refractivity contribution in [2.24, 2.45) is 0 Å². The number of phenolic OH excluding ortho intramolecular Hbond substituents is 1. The molecular formula is C27H22IO4PS2. The van der Waals surface area contributed by atoms with Crippen LogP contribution in [0.15, 0.2) is 108 Å². The van der Waals surface area contributed by atoms with E-state index >= 15 is 0 Å². The van der Waals surface area contributed by atoms with E-state index in [1.54, 1.807) is 42.5 Å². The number of carbonyl (C=O) groups is 1. The van der Waals surface area contributed by atoms with Crippen molar-refractivity contribution >= 4 is 54.2 Å². The molecule has 0 aromatic heterocycles. The van der Waals surface area contributed by atoms with Crippen LogP contribution in [0.2, 0.25) is 0 Å². The van der Waals surface area contributed by atoms with Crippen LogP contribution in [0.4, 0.5) is 0 Å². The fourth-order valence-electron chi connectivity index (χ4n) is 3.35. The fourth-order valence-corrected chi connectivity index (χ4v) is 5.67. The molecule has 2 atom stereocenters. The van der Waals surface area contributed by atoms with Gasteiger partial charge in [0.05, 0.1) is 17.7 Å². The van der Waals surface area contributed by atoms with Gasteiger partial charge in [-0.25, -0.2) is 0 Å². The number of hydrogen-bond donors (Lipinski definition) is 1. The molecule has 0 heterocycles. The van der Waals surface area contributed by atoms with Gasteiger partial charge in [-0.3, -0.25) is 4.79 Å². The van der Waals surface area contributed by atoms with Gasteiger partial charge in [0, 0.05) is 26.8 Å². The highest BCUT2D eigenvalue weighted by atomic mass is 127. The second kappa shape index (κ2) is 12.6. The number of aromatic hydroxyl groups is 1. The standard InChI is InChI=1S/C27H22IO4PS2/c28-35(33)32-22-13-11-20(12-14-22)26(30)27(21-9-5-2-6-10-21)34-25-17-23(15-16-24(25)29)31-18-19-7-3-1-4-8-19/h1-17,27,29,33H,18H2/i33T. The summed E-state index contributed by atoms with van der Waals surface area (Å²) < 4.78 is 19.0. The number of carbonyl (C=O) groups excluding carboxylic acids is 1. The molecule has 0 amide bonds. The van der Waals surface area contributed by atoms with Crippen LogP contribution in [0.1, 0.15) is 26.7 Å². The molecule has 0 aliphatic rings. The van der Waals surface area contributed by atoms with Crippen molar-refractivity contribution in [1.29, 1.82) is 1.28 Å². The molecule has 0 radical (unpaired) electrons. The Hall–Kier alpha value is -2.32. The highest BCUT2D eigenvalue weighted by Crippen LogP contribution is 2.43. The van der Waals surface area contributed by atoms with Crippen LogP contribution < -0.4 is 8.92 Å². The van der Waals surface area contributed by atoms with Crippen molar-refractivity contribution in [2.75, 3.05) is 0 Å². The Morgan fingerprint density at radius 1 is 0.971 bits per heavy atom. The van der Waals surface area contributed by atoms with Gasteiger partial charge in [0.25, 0.3) is 0 Å². The molecule has 0 aliphatic heterocycles. The molecular weight excluding hydrogens is 610 g/mol. The summed E-state index contributed by atoms with van der Waals surface area (Å²) >= 11 is 3.37. The maximum Gasteiger partial charge on any atom is 0.180 e. The number of hydrogen-bond acceptors (Lipinski definition) is 5. The number of ether oxygens (including phenoxy) is 1. The molecule has 4 nitrogen and oxygen atoms in total. The first-order valence-electron chi connectivity index (χ1n) is 11.1. The quantitative estimate of drug-likeness (QED) is 0.0830. The Labute approximate surface area is 227 Å². The van der Waals surface area contributed by atoms with Crippen molar-refractivity contribution in [1.82, 2.24) is 0 Å². The molecule has 0 fully saturated rings. The summed E-state index contributed by atoms with van der Waals surface area (Å²) in [5, 5.41) is 10.0. The summed E-state index contributed by atoms with van der Waals surface area (Å²) in [4.78, 5) is 14.2. The Balaban J connectivity index is 1.57. The molecule has 8 heteroatoms. The molecule has 178 valence electrons. The van der Waals surface area contributed by atoms with Gasteiger partial charge in [0.2, 0.25) is 0 Å². The lowest BCUT2D eigenvalue weighted by molar-refractivity contribution is 0.0989. The Kier molecular flexibility index (Phi) is 8.76. The largest absolute Gasteiger partial charge is 0.507 e. The van der Waals surface area contributed by atoms with Crippen molar-refractivity contribution in [3.63, 3.8) is 0 Å². The number of halogens is 1. The first-order valence-corrected chi connectivity index (χ1v) is 16.3. The summed E-state index contributed by atoms with van der Waals surface area (Å²) in [5.74, 6) is 1.24. The summed E-state index contributed by atoms with van der Waals surface area (Å²) in [5.41, 5.74) is 2.42. The van der Waals surface area contributed by atoms with Crippen LogP contribution in [0.25, 0.3) is 0 Å². The van der Waals surface area contributed by atoms with E-state index in [0.717, 1.165) is 11.1 Å². The van der Waals surface area contributed by atoms with Crippen LogP contribution >= 0.6 is 40.9 Å². The predicted octanol–water partition coefficient (Wildman–Crippen LogP) is 8.01. The average molecular weight is 634 g/mol. The Morgan fingerprint density at radius 3 is 2.31 bits per heavy atom. The molecule has 0 spiro atoms. The zero-order chi connectivity index (χ0) is 25.3. The summed E-state index contributed by atoms with van der Waals surface area (Å²) in [6, 6.07) is 31.4. The number of benzene rings is 4. The molecule has 0 saturated carbocycles. The molecule has 4 aromatic carbocycles. The first-order chi connectivity index (χ1) is 17.5. The van der Waals surface area contributed by atoms with E-state index in [0.29, 0.717) is 36.5 Å². The third-order valence-electron chi connectivity index (χ3n) is 5.07. The van der Waals surface area contributed by atoms with E-state index in [1.807, 2.05) is 60.7 Å². The minimum atomic E-state index is -0.570. The van der Waals surface area contributed by atoms with Gasteiger partial charge in [0.15, 0.2) is 5.78 Å². The lowest BCUT2D eigenvalue weighted by Gasteiger charge is -2.18. The minimum absolute atomic E-state index is 0.0835. The molecule has 0 aliphatic carbocycles. The number of ketones is 1. The number of Topliss-reactive ketones (excluding diaryl/α,β-unsaturated/α-hetero) is 1. The SMILES string of the molecule is [3H]P=S(I)Oc1ccc(C(=O)C(Sc2cc(OCc3ccccc3)ccc2O)c2ccccc2)cc1. The predicted molar refractivity (Wildman–Crippen MR) is 155 cm³/mol. The smallest absolute Gasteiger partial charge is 0.180 e. The van der Waals surface area contributed by atoms with Gasteiger partial charge >= 0.3 is 0 Å². The maximum absolute atomic E-state index is 13.6. The normalized spacial score (nSPS) is 13.0. The van der Waals surface area contributed by atoms with Gasteiger partial charge in [-0.15, -0.1) is 11.8 Å². The van der Waals surface area contributed by atoms with E-state index in [4.69, 9.17) is 10.2 Å². The molecule has 2 unspecified atom stereocenters. The number of rotatable bonds is 10. The molecule has 0 saturated heterocycles.